The zero-order chi connectivity index (χ0) is 26.2. The highest BCUT2D eigenvalue weighted by atomic mass is 28.4. The first-order valence-electron chi connectivity index (χ1n) is 13.4. The molecule has 0 bridgehead atoms. The Morgan fingerprint density at radius 1 is 1.00 bits per heavy atom. The molecule has 0 radical (unpaired) electrons. The Balaban J connectivity index is 1.56. The summed E-state index contributed by atoms with van der Waals surface area (Å²) in [5.74, 6) is 0. The second-order valence-electron chi connectivity index (χ2n) is 12.3. The summed E-state index contributed by atoms with van der Waals surface area (Å²) in [6, 6.07) is 21.1. The van der Waals surface area contributed by atoms with Gasteiger partial charge in [-0.1, -0.05) is 93.6 Å². The summed E-state index contributed by atoms with van der Waals surface area (Å²) in [6.07, 6.45) is 2.86. The molecule has 4 rings (SSSR count). The van der Waals surface area contributed by atoms with E-state index in [0.29, 0.717) is 0 Å². The van der Waals surface area contributed by atoms with Crippen LogP contribution >= 0.6 is 0 Å². The van der Waals surface area contributed by atoms with Gasteiger partial charge < -0.3 is 19.0 Å². The van der Waals surface area contributed by atoms with Crippen LogP contribution in [0.2, 0.25) is 5.04 Å². The quantitative estimate of drug-likeness (QED) is 0.384. The average Bonchev–Trinajstić information content (AvgIpc) is 3.45. The van der Waals surface area contributed by atoms with Crippen LogP contribution in [-0.4, -0.2) is 49.5 Å². The van der Waals surface area contributed by atoms with Gasteiger partial charge in [-0.2, -0.15) is 0 Å². The highest BCUT2D eigenvalue weighted by Gasteiger charge is 2.54. The Labute approximate surface area is 218 Å². The van der Waals surface area contributed by atoms with Crippen LogP contribution in [0.25, 0.3) is 0 Å². The molecule has 0 aliphatic carbocycles. The molecule has 196 valence electrons. The molecule has 1 N–H and O–H groups in total. The molecule has 0 amide bonds. The van der Waals surface area contributed by atoms with Crippen molar-refractivity contribution in [3.05, 3.63) is 72.8 Å². The van der Waals surface area contributed by atoms with Gasteiger partial charge in [0.25, 0.3) is 8.32 Å². The van der Waals surface area contributed by atoms with E-state index in [1.807, 2.05) is 26.0 Å². The van der Waals surface area contributed by atoms with Gasteiger partial charge in [-0.25, -0.2) is 0 Å². The maximum absolute atomic E-state index is 11.5. The minimum atomic E-state index is -2.73. The van der Waals surface area contributed by atoms with Gasteiger partial charge in [0.2, 0.25) is 0 Å². The van der Waals surface area contributed by atoms with E-state index in [-0.39, 0.29) is 29.5 Å². The fraction of sp³-hybridized carbons (Fsp3) is 0.548. The maximum atomic E-state index is 11.5. The molecular weight excluding hydrogens is 464 g/mol. The van der Waals surface area contributed by atoms with Crippen molar-refractivity contribution in [1.82, 2.24) is 0 Å². The zero-order valence-electron chi connectivity index (χ0n) is 22.9. The van der Waals surface area contributed by atoms with E-state index < -0.39 is 20.0 Å². The van der Waals surface area contributed by atoms with Gasteiger partial charge >= 0.3 is 0 Å². The molecule has 0 aromatic heterocycles. The van der Waals surface area contributed by atoms with Crippen LogP contribution in [0, 0.1) is 0 Å². The third-order valence-corrected chi connectivity index (χ3v) is 13.4. The van der Waals surface area contributed by atoms with E-state index >= 15 is 0 Å². The second-order valence-corrected chi connectivity index (χ2v) is 16.6. The van der Waals surface area contributed by atoms with E-state index in [9.17, 15) is 5.11 Å². The number of ether oxygens (including phenoxy) is 2. The molecule has 2 aliphatic heterocycles. The smallest absolute Gasteiger partial charge is 0.261 e. The lowest BCUT2D eigenvalue weighted by molar-refractivity contribution is -0.172. The molecule has 36 heavy (non-hydrogen) atoms. The second kappa shape index (κ2) is 10.2. The summed E-state index contributed by atoms with van der Waals surface area (Å²) < 4.78 is 20.0. The van der Waals surface area contributed by atoms with Gasteiger partial charge in [-0.15, -0.1) is 0 Å². The number of hydrogen-bond acceptors (Lipinski definition) is 4. The van der Waals surface area contributed by atoms with E-state index in [1.165, 1.54) is 10.4 Å². The van der Waals surface area contributed by atoms with Crippen molar-refractivity contribution < 1.29 is 19.0 Å². The Bertz CT molecular complexity index is 994. The molecule has 0 unspecified atom stereocenters. The SMILES string of the molecule is C=C(C)[C@H]1CC[C@@](C)([C@H]2CC[C@@](C)([C@H](O)CO[Si](c3ccccc3)(c3ccccc3)C(C)(C)C)O2)O1. The summed E-state index contributed by atoms with van der Waals surface area (Å²) >= 11 is 0. The van der Waals surface area contributed by atoms with Gasteiger partial charge in [0.05, 0.1) is 30.0 Å². The Hall–Kier alpha value is -1.76. The van der Waals surface area contributed by atoms with Gasteiger partial charge in [0.15, 0.2) is 0 Å². The Kier molecular flexibility index (Phi) is 7.72. The Morgan fingerprint density at radius 3 is 2.03 bits per heavy atom. The van der Waals surface area contributed by atoms with E-state index in [4.69, 9.17) is 13.9 Å². The maximum Gasteiger partial charge on any atom is 0.261 e. The monoisotopic (exact) mass is 508 g/mol. The molecular formula is C31H44O4Si. The van der Waals surface area contributed by atoms with Crippen LogP contribution in [0.3, 0.4) is 0 Å². The van der Waals surface area contributed by atoms with Crippen molar-refractivity contribution in [2.24, 2.45) is 0 Å². The van der Waals surface area contributed by atoms with E-state index in [2.05, 4.69) is 82.8 Å². The van der Waals surface area contributed by atoms with Crippen molar-refractivity contribution >= 4 is 18.7 Å². The first kappa shape index (κ1) is 27.3. The van der Waals surface area contributed by atoms with Crippen LogP contribution in [0.15, 0.2) is 72.8 Å². The normalized spacial score (nSPS) is 29.9. The molecule has 0 saturated carbocycles. The molecule has 2 heterocycles. The standard InChI is InChI=1S/C31H44O4Si/c1-23(2)26-18-20-31(7,34-26)28-19-21-30(6,35-28)27(32)22-33-36(29(3,4)5,24-14-10-8-11-15-24)25-16-12-9-13-17-25/h8-17,26-28,32H,1,18-22H2,2-7H3/t26-,27-,28-,30+,31+/m1/s1. The Morgan fingerprint density at radius 2 is 1.56 bits per heavy atom. The van der Waals surface area contributed by atoms with Crippen LogP contribution in [0.4, 0.5) is 0 Å². The molecule has 2 aromatic rings. The number of rotatable bonds is 8. The number of aliphatic hydroxyl groups is 1. The van der Waals surface area contributed by atoms with Gasteiger partial charge in [0, 0.05) is 0 Å². The molecule has 2 aliphatic rings. The number of hydrogen-bond donors (Lipinski definition) is 1. The minimum Gasteiger partial charge on any atom is -0.405 e. The molecule has 0 spiro atoms. The fourth-order valence-corrected chi connectivity index (χ4v) is 10.7. The van der Waals surface area contributed by atoms with Crippen molar-refractivity contribution in [1.29, 1.82) is 0 Å². The summed E-state index contributed by atoms with van der Waals surface area (Å²) in [5, 5.41) is 13.8. The van der Waals surface area contributed by atoms with E-state index in [1.54, 1.807) is 0 Å². The molecule has 2 saturated heterocycles. The molecule has 2 aromatic carbocycles. The van der Waals surface area contributed by atoms with Crippen LogP contribution in [-0.2, 0) is 13.9 Å². The predicted molar refractivity (Wildman–Crippen MR) is 149 cm³/mol. The summed E-state index contributed by atoms with van der Waals surface area (Å²) in [4.78, 5) is 0. The molecule has 2 fully saturated rings. The van der Waals surface area contributed by atoms with E-state index in [0.717, 1.165) is 31.3 Å². The lowest BCUT2D eigenvalue weighted by Crippen LogP contribution is -2.67. The van der Waals surface area contributed by atoms with Gasteiger partial charge in [-0.3, -0.25) is 0 Å². The topological polar surface area (TPSA) is 47.9 Å². The van der Waals surface area contributed by atoms with Crippen molar-refractivity contribution in [3.63, 3.8) is 0 Å². The zero-order valence-corrected chi connectivity index (χ0v) is 23.9. The molecule has 4 nitrogen and oxygen atoms in total. The summed E-state index contributed by atoms with van der Waals surface area (Å²) in [6.45, 7) is 17.3. The first-order chi connectivity index (χ1) is 16.9. The first-order valence-corrected chi connectivity index (χ1v) is 15.3. The number of benzene rings is 2. The summed E-state index contributed by atoms with van der Waals surface area (Å²) in [5.41, 5.74) is 0.0437. The van der Waals surface area contributed by atoms with Crippen LogP contribution < -0.4 is 10.4 Å². The van der Waals surface area contributed by atoms with Crippen LogP contribution in [0.5, 0.6) is 0 Å². The lowest BCUT2D eigenvalue weighted by Gasteiger charge is -2.44. The van der Waals surface area contributed by atoms with Crippen molar-refractivity contribution in [2.75, 3.05) is 6.61 Å². The highest BCUT2D eigenvalue weighted by molar-refractivity contribution is 6.99. The summed E-state index contributed by atoms with van der Waals surface area (Å²) in [7, 11) is -2.73. The average molecular weight is 509 g/mol. The third kappa shape index (κ3) is 5.01. The minimum absolute atomic E-state index is 0.0469. The van der Waals surface area contributed by atoms with Crippen LogP contribution in [0.1, 0.15) is 67.2 Å². The van der Waals surface area contributed by atoms with Crippen molar-refractivity contribution in [3.8, 4) is 0 Å². The number of aliphatic hydroxyl groups excluding tert-OH is 1. The fourth-order valence-electron chi connectivity index (χ4n) is 6.12. The highest BCUT2D eigenvalue weighted by Crippen LogP contribution is 2.45. The molecule has 5 atom stereocenters. The third-order valence-electron chi connectivity index (χ3n) is 8.44. The lowest BCUT2D eigenvalue weighted by atomic mass is 9.91. The van der Waals surface area contributed by atoms with Crippen molar-refractivity contribution in [2.45, 2.75) is 102 Å². The van der Waals surface area contributed by atoms with Gasteiger partial charge in [-0.05, 0) is 61.9 Å². The molecule has 5 heteroatoms. The predicted octanol–water partition coefficient (Wildman–Crippen LogP) is 5.38. The van der Waals surface area contributed by atoms with Gasteiger partial charge in [0.1, 0.15) is 6.10 Å². The largest absolute Gasteiger partial charge is 0.405 e.